The van der Waals surface area contributed by atoms with Crippen LogP contribution in [0.1, 0.15) is 30.1 Å². The van der Waals surface area contributed by atoms with Gasteiger partial charge in [-0.25, -0.2) is 14.8 Å². The molecule has 0 spiro atoms. The number of urea groups is 1. The summed E-state index contributed by atoms with van der Waals surface area (Å²) >= 11 is 1.54. The molecule has 2 aliphatic rings. The van der Waals surface area contributed by atoms with Crippen LogP contribution in [0, 0.1) is 0 Å². The van der Waals surface area contributed by atoms with E-state index in [0.29, 0.717) is 0 Å². The molecule has 2 amide bonds. The highest BCUT2D eigenvalue weighted by atomic mass is 32.1. The lowest BCUT2D eigenvalue weighted by Crippen LogP contribution is -2.44. The van der Waals surface area contributed by atoms with Gasteiger partial charge in [0.25, 0.3) is 0 Å². The van der Waals surface area contributed by atoms with Crippen LogP contribution in [-0.4, -0.2) is 26.9 Å². The van der Waals surface area contributed by atoms with E-state index in [1.165, 1.54) is 0 Å². The van der Waals surface area contributed by atoms with Crippen LogP contribution in [0.3, 0.4) is 0 Å². The van der Waals surface area contributed by atoms with Crippen molar-refractivity contribution in [1.82, 2.24) is 14.9 Å². The summed E-state index contributed by atoms with van der Waals surface area (Å²) < 4.78 is 0. The number of hydrogen-bond donors (Lipinski definition) is 1. The van der Waals surface area contributed by atoms with E-state index in [4.69, 9.17) is 0 Å². The van der Waals surface area contributed by atoms with Gasteiger partial charge in [-0.3, -0.25) is 5.32 Å². The number of aromatic nitrogens is 2. The van der Waals surface area contributed by atoms with Gasteiger partial charge in [-0.2, -0.15) is 0 Å². The molecule has 0 aliphatic carbocycles. The fourth-order valence-electron chi connectivity index (χ4n) is 3.25. The minimum absolute atomic E-state index is 0.00514. The molecule has 0 saturated carbocycles. The van der Waals surface area contributed by atoms with Gasteiger partial charge in [0.1, 0.15) is 6.33 Å². The Kier molecular flexibility index (Phi) is 2.70. The minimum Gasteiger partial charge on any atom is -0.314 e. The summed E-state index contributed by atoms with van der Waals surface area (Å²) in [6.07, 6.45) is 6.34. The second-order valence-corrected chi connectivity index (χ2v) is 6.14. The van der Waals surface area contributed by atoms with Crippen LogP contribution in [-0.2, 0) is 6.42 Å². The van der Waals surface area contributed by atoms with E-state index in [2.05, 4.69) is 15.3 Å². The predicted octanol–water partition coefficient (Wildman–Crippen LogP) is 2.83. The molecule has 2 aromatic rings. The second-order valence-electron chi connectivity index (χ2n) is 5.19. The minimum atomic E-state index is -0.00514. The van der Waals surface area contributed by atoms with Crippen molar-refractivity contribution in [3.05, 3.63) is 41.3 Å². The Balaban J connectivity index is 1.63. The van der Waals surface area contributed by atoms with Crippen molar-refractivity contribution in [2.24, 2.45) is 0 Å². The Morgan fingerprint density at radius 1 is 1.45 bits per heavy atom. The lowest BCUT2D eigenvalue weighted by molar-refractivity contribution is 0.178. The van der Waals surface area contributed by atoms with Gasteiger partial charge in [-0.15, -0.1) is 11.3 Å². The molecule has 1 fully saturated rings. The van der Waals surface area contributed by atoms with E-state index in [1.807, 2.05) is 28.6 Å². The maximum atomic E-state index is 12.5. The van der Waals surface area contributed by atoms with Crippen molar-refractivity contribution < 1.29 is 4.79 Å². The molecule has 20 heavy (non-hydrogen) atoms. The van der Waals surface area contributed by atoms with Gasteiger partial charge >= 0.3 is 6.03 Å². The summed E-state index contributed by atoms with van der Waals surface area (Å²) in [5, 5.41) is 5.84. The highest BCUT2D eigenvalue weighted by Gasteiger charge is 2.43. The summed E-state index contributed by atoms with van der Waals surface area (Å²) in [5.41, 5.74) is 2.22. The lowest BCUT2D eigenvalue weighted by atomic mass is 10.00. The second kappa shape index (κ2) is 4.56. The van der Waals surface area contributed by atoms with Crippen LogP contribution in [0.4, 0.5) is 9.80 Å². The summed E-state index contributed by atoms with van der Waals surface area (Å²) in [6.45, 7) is 0. The Morgan fingerprint density at radius 3 is 3.25 bits per heavy atom. The van der Waals surface area contributed by atoms with Gasteiger partial charge in [0.15, 0.2) is 0 Å². The van der Waals surface area contributed by atoms with Crippen LogP contribution in [0.15, 0.2) is 30.0 Å². The molecule has 4 heterocycles. The number of anilines is 1. The molecule has 2 bridgehead atoms. The smallest absolute Gasteiger partial charge is 0.314 e. The van der Waals surface area contributed by atoms with Crippen LogP contribution >= 0.6 is 11.3 Å². The zero-order valence-corrected chi connectivity index (χ0v) is 11.6. The molecule has 0 aromatic carbocycles. The Morgan fingerprint density at radius 2 is 2.40 bits per heavy atom. The monoisotopic (exact) mass is 286 g/mol. The Labute approximate surface area is 120 Å². The molecule has 2 unspecified atom stereocenters. The quantitative estimate of drug-likeness (QED) is 0.877. The van der Waals surface area contributed by atoms with Crippen LogP contribution in [0.25, 0.3) is 0 Å². The summed E-state index contributed by atoms with van der Waals surface area (Å²) in [7, 11) is 0. The van der Waals surface area contributed by atoms with Gasteiger partial charge in [-0.05, 0) is 30.4 Å². The molecule has 0 radical (unpaired) electrons. The van der Waals surface area contributed by atoms with E-state index in [0.717, 1.165) is 35.5 Å². The number of amides is 2. The number of carbonyl (C=O) groups excluding carboxylic acids is 1. The fourth-order valence-corrected chi connectivity index (χ4v) is 3.86. The number of nitrogens with zero attached hydrogens (tertiary/aromatic N) is 3. The normalized spacial score (nSPS) is 23.5. The Hall–Kier alpha value is -1.95. The van der Waals surface area contributed by atoms with E-state index in [1.54, 1.807) is 17.7 Å². The molecule has 6 heteroatoms. The van der Waals surface area contributed by atoms with Gasteiger partial charge < -0.3 is 4.90 Å². The lowest BCUT2D eigenvalue weighted by Gasteiger charge is -2.35. The van der Waals surface area contributed by atoms with Crippen LogP contribution in [0.2, 0.25) is 0 Å². The SMILES string of the molecule is O=C(Nc1cccs1)N1C2CCC1c1cncnc1C2. The molecule has 2 aromatic heterocycles. The first-order valence-corrected chi connectivity index (χ1v) is 7.62. The molecule has 2 aliphatic heterocycles. The summed E-state index contributed by atoms with van der Waals surface area (Å²) in [4.78, 5) is 23.0. The number of rotatable bonds is 1. The van der Waals surface area contributed by atoms with Crippen LogP contribution in [0.5, 0.6) is 0 Å². The van der Waals surface area contributed by atoms with Crippen LogP contribution < -0.4 is 5.32 Å². The molecular weight excluding hydrogens is 272 g/mol. The average molecular weight is 286 g/mol. The average Bonchev–Trinajstić information content (AvgIpc) is 3.06. The molecule has 1 N–H and O–H groups in total. The van der Waals surface area contributed by atoms with Gasteiger partial charge in [0.2, 0.25) is 0 Å². The van der Waals surface area contributed by atoms with Gasteiger partial charge in [0, 0.05) is 24.2 Å². The maximum absolute atomic E-state index is 12.5. The molecule has 5 nitrogen and oxygen atoms in total. The van der Waals surface area contributed by atoms with E-state index in [-0.39, 0.29) is 18.1 Å². The highest BCUT2D eigenvalue weighted by Crippen LogP contribution is 2.42. The molecule has 4 rings (SSSR count). The number of nitrogens with one attached hydrogen (secondary N) is 1. The summed E-state index contributed by atoms with van der Waals surface area (Å²) in [5.74, 6) is 0. The number of carbonyl (C=O) groups is 1. The standard InChI is InChI=1S/C14H14N4OS/c19-14(17-13-2-1-5-20-13)18-9-3-4-12(18)10-7-15-8-16-11(10)6-9/h1-2,5,7-9,12H,3-4,6H2,(H,17,19). The predicted molar refractivity (Wildman–Crippen MR) is 76.7 cm³/mol. The largest absolute Gasteiger partial charge is 0.323 e. The van der Waals surface area contributed by atoms with E-state index < -0.39 is 0 Å². The first kappa shape index (κ1) is 11.8. The van der Waals surface area contributed by atoms with Crippen molar-refractivity contribution >= 4 is 22.4 Å². The maximum Gasteiger partial charge on any atom is 0.323 e. The highest BCUT2D eigenvalue weighted by molar-refractivity contribution is 7.14. The number of thiophene rings is 1. The number of hydrogen-bond acceptors (Lipinski definition) is 4. The van der Waals surface area contributed by atoms with Crippen molar-refractivity contribution in [3.63, 3.8) is 0 Å². The zero-order chi connectivity index (χ0) is 13.5. The third-order valence-electron chi connectivity index (χ3n) is 4.10. The van der Waals surface area contributed by atoms with Crippen molar-refractivity contribution in [3.8, 4) is 0 Å². The first-order valence-electron chi connectivity index (χ1n) is 6.74. The summed E-state index contributed by atoms with van der Waals surface area (Å²) in [6, 6.07) is 4.25. The molecule has 1 saturated heterocycles. The van der Waals surface area contributed by atoms with Crippen molar-refractivity contribution in [1.29, 1.82) is 0 Å². The fraction of sp³-hybridized carbons (Fsp3) is 0.357. The number of fused-ring (bicyclic) bond motifs is 4. The Bertz CT molecular complexity index is 642. The third kappa shape index (κ3) is 1.79. The zero-order valence-electron chi connectivity index (χ0n) is 10.8. The van der Waals surface area contributed by atoms with Crippen molar-refractivity contribution in [2.75, 3.05) is 5.32 Å². The van der Waals surface area contributed by atoms with Crippen molar-refractivity contribution in [2.45, 2.75) is 31.3 Å². The third-order valence-corrected chi connectivity index (χ3v) is 4.89. The topological polar surface area (TPSA) is 58.1 Å². The molecule has 102 valence electrons. The molecule has 2 atom stereocenters. The molecular formula is C14H14N4OS. The van der Waals surface area contributed by atoms with E-state index in [9.17, 15) is 4.79 Å². The van der Waals surface area contributed by atoms with Gasteiger partial charge in [-0.1, -0.05) is 0 Å². The van der Waals surface area contributed by atoms with Gasteiger partial charge in [0.05, 0.1) is 16.7 Å². The first-order chi connectivity index (χ1) is 9.83. The van der Waals surface area contributed by atoms with E-state index >= 15 is 0 Å².